The molecule has 0 aromatic heterocycles. The van der Waals surface area contributed by atoms with Crippen LogP contribution in [0.5, 0.6) is 0 Å². The lowest BCUT2D eigenvalue weighted by Gasteiger charge is -2.32. The van der Waals surface area contributed by atoms with Gasteiger partial charge in [0, 0.05) is 34.1 Å². The molecule has 1 unspecified atom stereocenters. The third-order valence-corrected chi connectivity index (χ3v) is 7.82. The van der Waals surface area contributed by atoms with Crippen LogP contribution >= 0.6 is 0 Å². The highest BCUT2D eigenvalue weighted by Gasteiger charge is 2.32. The monoisotopic (exact) mass is 538 g/mol. The summed E-state index contributed by atoms with van der Waals surface area (Å²) in [6, 6.07) is 21.4. The molecule has 4 rings (SSSR count). The molecule has 3 amide bonds. The molecular weight excluding hydrogens is 500 g/mol. The molecule has 0 fully saturated rings. The molecular formula is C33H38N4O3. The van der Waals surface area contributed by atoms with E-state index in [0.29, 0.717) is 16.9 Å². The van der Waals surface area contributed by atoms with Gasteiger partial charge >= 0.3 is 0 Å². The van der Waals surface area contributed by atoms with Gasteiger partial charge in [-0.3, -0.25) is 14.4 Å². The molecule has 40 heavy (non-hydrogen) atoms. The maximum absolute atomic E-state index is 13.5. The first-order chi connectivity index (χ1) is 19.2. The Morgan fingerprint density at radius 2 is 1.35 bits per heavy atom. The van der Waals surface area contributed by atoms with Gasteiger partial charge in [0.05, 0.1) is 12.1 Å². The number of hydrogen-bond acceptors (Lipinski definition) is 4. The molecule has 3 aromatic carbocycles. The van der Waals surface area contributed by atoms with Gasteiger partial charge in [-0.05, 0) is 41.2 Å². The first kappa shape index (κ1) is 28.8. The van der Waals surface area contributed by atoms with Crippen LogP contribution in [0.4, 0.5) is 11.4 Å². The topological polar surface area (TPSA) is 113 Å². The van der Waals surface area contributed by atoms with Crippen molar-refractivity contribution >= 4 is 34.7 Å². The van der Waals surface area contributed by atoms with Crippen LogP contribution in [0.2, 0.25) is 0 Å². The van der Waals surface area contributed by atoms with Gasteiger partial charge in [-0.1, -0.05) is 95.1 Å². The second kappa shape index (κ2) is 12.7. The molecule has 0 spiro atoms. The highest BCUT2D eigenvalue weighted by molar-refractivity contribution is 6.11. The van der Waals surface area contributed by atoms with Gasteiger partial charge < -0.3 is 21.7 Å². The fourth-order valence-corrected chi connectivity index (χ4v) is 4.94. The van der Waals surface area contributed by atoms with Crippen LogP contribution in [-0.2, 0) is 9.59 Å². The van der Waals surface area contributed by atoms with Crippen LogP contribution in [0.1, 0.15) is 56.5 Å². The summed E-state index contributed by atoms with van der Waals surface area (Å²) in [6.45, 7) is 8.10. The van der Waals surface area contributed by atoms with Crippen LogP contribution < -0.4 is 21.7 Å². The van der Waals surface area contributed by atoms with E-state index in [2.05, 4.69) is 29.8 Å². The fraction of sp³-hybridized carbons (Fsp3) is 0.303. The molecule has 0 bridgehead atoms. The summed E-state index contributed by atoms with van der Waals surface area (Å²) in [5.41, 5.74) is 11.0. The Morgan fingerprint density at radius 1 is 0.825 bits per heavy atom. The van der Waals surface area contributed by atoms with Crippen molar-refractivity contribution in [3.8, 4) is 11.1 Å². The number of hydrogen-bond donors (Lipinski definition) is 4. The average Bonchev–Trinajstić information content (AvgIpc) is 2.97. The van der Waals surface area contributed by atoms with Crippen LogP contribution in [-0.4, -0.2) is 29.8 Å². The number of amides is 3. The maximum atomic E-state index is 13.5. The number of benzene rings is 3. The van der Waals surface area contributed by atoms with E-state index in [9.17, 15) is 14.4 Å². The van der Waals surface area contributed by atoms with E-state index in [-0.39, 0.29) is 35.6 Å². The predicted octanol–water partition coefficient (Wildman–Crippen LogP) is 5.85. The minimum absolute atomic E-state index is 0.0423. The summed E-state index contributed by atoms with van der Waals surface area (Å²) >= 11 is 0. The molecule has 1 aliphatic heterocycles. The summed E-state index contributed by atoms with van der Waals surface area (Å²) < 4.78 is 0. The molecule has 0 saturated carbocycles. The second-order valence-electron chi connectivity index (χ2n) is 10.5. The van der Waals surface area contributed by atoms with E-state index in [1.165, 1.54) is 0 Å². The predicted molar refractivity (Wildman–Crippen MR) is 162 cm³/mol. The van der Waals surface area contributed by atoms with Crippen LogP contribution in [0.3, 0.4) is 0 Å². The number of anilines is 2. The number of nitrogens with two attached hydrogens (primary N) is 1. The van der Waals surface area contributed by atoms with E-state index in [1.54, 1.807) is 12.1 Å². The van der Waals surface area contributed by atoms with Gasteiger partial charge in [0.15, 0.2) is 0 Å². The molecule has 1 heterocycles. The van der Waals surface area contributed by atoms with E-state index in [4.69, 9.17) is 5.73 Å². The minimum atomic E-state index is -0.628. The average molecular weight is 539 g/mol. The molecule has 3 aromatic rings. The minimum Gasteiger partial charge on any atom is -0.345 e. The zero-order valence-corrected chi connectivity index (χ0v) is 23.5. The van der Waals surface area contributed by atoms with Crippen LogP contribution in [0, 0.1) is 11.8 Å². The van der Waals surface area contributed by atoms with Crippen molar-refractivity contribution in [2.75, 3.05) is 10.6 Å². The number of rotatable bonds is 9. The van der Waals surface area contributed by atoms with Crippen molar-refractivity contribution < 1.29 is 14.4 Å². The van der Waals surface area contributed by atoms with Crippen molar-refractivity contribution in [1.29, 1.82) is 0 Å². The Morgan fingerprint density at radius 3 is 1.93 bits per heavy atom. The van der Waals surface area contributed by atoms with Gasteiger partial charge in [-0.2, -0.15) is 0 Å². The lowest BCUT2D eigenvalue weighted by molar-refractivity contribution is -0.118. The van der Waals surface area contributed by atoms with E-state index < -0.39 is 6.04 Å². The third kappa shape index (κ3) is 6.15. The normalized spacial score (nSPS) is 17.8. The standard InChI is InChI=1S/C33H38N4O3/c1-5-20(3)30(34)33(40)36-28-18-12-10-15-24(28)23-14-9-11-17-27(23)35-29(38)19-26-22-13-7-8-16-25(22)32(39)37-31(26)21(4)6-2/h7-21,30-31H,5-6,34H2,1-4H3,(H,35,38)(H,36,40)(H,37,39)/b26-19-/t20?,21-,30-,31-/m0/s1. The van der Waals surface area contributed by atoms with Gasteiger partial charge in [0.25, 0.3) is 5.91 Å². The summed E-state index contributed by atoms with van der Waals surface area (Å²) in [6.07, 6.45) is 3.23. The Balaban J connectivity index is 1.67. The van der Waals surface area contributed by atoms with Gasteiger partial charge in [-0.15, -0.1) is 0 Å². The Labute approximate surface area is 236 Å². The Hall–Kier alpha value is -4.23. The third-order valence-electron chi connectivity index (χ3n) is 7.82. The van der Waals surface area contributed by atoms with Gasteiger partial charge in [-0.25, -0.2) is 0 Å². The molecule has 4 atom stereocenters. The molecule has 1 aliphatic rings. The smallest absolute Gasteiger partial charge is 0.252 e. The lowest BCUT2D eigenvalue weighted by Crippen LogP contribution is -2.44. The lowest BCUT2D eigenvalue weighted by atomic mass is 9.82. The van der Waals surface area contributed by atoms with Crippen molar-refractivity contribution in [2.24, 2.45) is 17.6 Å². The number of fused-ring (bicyclic) bond motifs is 1. The number of carbonyl (C=O) groups excluding carboxylic acids is 3. The zero-order valence-electron chi connectivity index (χ0n) is 23.5. The van der Waals surface area contributed by atoms with E-state index in [0.717, 1.165) is 35.1 Å². The maximum Gasteiger partial charge on any atom is 0.252 e. The molecule has 0 saturated heterocycles. The van der Waals surface area contributed by atoms with E-state index >= 15 is 0 Å². The summed E-state index contributed by atoms with van der Waals surface area (Å²) in [7, 11) is 0. The Kier molecular flexibility index (Phi) is 9.17. The number of nitrogens with one attached hydrogen (secondary N) is 3. The fourth-order valence-electron chi connectivity index (χ4n) is 4.94. The molecule has 5 N–H and O–H groups in total. The zero-order chi connectivity index (χ0) is 28.8. The van der Waals surface area contributed by atoms with Crippen LogP contribution in [0.15, 0.2) is 78.9 Å². The van der Waals surface area contributed by atoms with Crippen molar-refractivity contribution in [3.63, 3.8) is 0 Å². The molecule has 0 radical (unpaired) electrons. The first-order valence-electron chi connectivity index (χ1n) is 13.9. The molecule has 7 nitrogen and oxygen atoms in total. The molecule has 208 valence electrons. The summed E-state index contributed by atoms with van der Waals surface area (Å²) in [5.74, 6) is -0.499. The SMILES string of the molecule is CCC(C)[C@H](N)C(=O)Nc1ccccc1-c1ccccc1NC(=O)/C=C1/c2ccccc2C(=O)N[C@H]1[C@@H](C)CC. The van der Waals surface area contributed by atoms with Gasteiger partial charge in [0.1, 0.15) is 0 Å². The molecule has 0 aliphatic carbocycles. The highest BCUT2D eigenvalue weighted by atomic mass is 16.2. The Bertz CT molecular complexity index is 1430. The second-order valence-corrected chi connectivity index (χ2v) is 10.5. The quantitative estimate of drug-likeness (QED) is 0.256. The first-order valence-corrected chi connectivity index (χ1v) is 13.9. The summed E-state index contributed by atoms with van der Waals surface area (Å²) in [5, 5.41) is 9.11. The van der Waals surface area contributed by atoms with Crippen LogP contribution in [0.25, 0.3) is 16.7 Å². The summed E-state index contributed by atoms with van der Waals surface area (Å²) in [4.78, 5) is 39.1. The van der Waals surface area contributed by atoms with Crippen molar-refractivity contribution in [3.05, 3.63) is 90.0 Å². The largest absolute Gasteiger partial charge is 0.345 e. The highest BCUT2D eigenvalue weighted by Crippen LogP contribution is 2.35. The van der Waals surface area contributed by atoms with E-state index in [1.807, 2.05) is 80.6 Å². The molecule has 7 heteroatoms. The van der Waals surface area contributed by atoms with Crippen molar-refractivity contribution in [2.45, 2.75) is 52.6 Å². The number of para-hydroxylation sites is 2. The van der Waals surface area contributed by atoms with Crippen molar-refractivity contribution in [1.82, 2.24) is 5.32 Å². The number of carbonyl (C=O) groups is 3. The van der Waals surface area contributed by atoms with Gasteiger partial charge in [0.2, 0.25) is 11.8 Å².